The number of carbonyl (C=O) groups is 1. The van der Waals surface area contributed by atoms with E-state index in [4.69, 9.17) is 33.2 Å². The molecule has 0 N–H and O–H groups in total. The first-order valence-electron chi connectivity index (χ1n) is 11.1. The summed E-state index contributed by atoms with van der Waals surface area (Å²) in [4.78, 5) is 28.9. The van der Waals surface area contributed by atoms with Crippen molar-refractivity contribution in [1.82, 2.24) is 19.9 Å². The van der Waals surface area contributed by atoms with Crippen LogP contribution in [0.2, 0.25) is 10.0 Å². The summed E-state index contributed by atoms with van der Waals surface area (Å²) in [7, 11) is 0. The molecule has 4 rings (SSSR count). The Balaban J connectivity index is 1.78. The highest BCUT2D eigenvalue weighted by Crippen LogP contribution is 2.35. The predicted octanol–water partition coefficient (Wildman–Crippen LogP) is 5.50. The Morgan fingerprint density at radius 3 is 2.47 bits per heavy atom. The van der Waals surface area contributed by atoms with Crippen molar-refractivity contribution in [3.8, 4) is 17.3 Å². The van der Waals surface area contributed by atoms with Crippen molar-refractivity contribution < 1.29 is 18.0 Å². The van der Waals surface area contributed by atoms with Gasteiger partial charge < -0.3 is 9.80 Å². The van der Waals surface area contributed by atoms with Gasteiger partial charge in [-0.05, 0) is 24.6 Å². The Labute approximate surface area is 215 Å². The average Bonchev–Trinajstić information content (AvgIpc) is 3.31. The number of carbonyl (C=O) groups excluding carboxylic acids is 1. The fourth-order valence-electron chi connectivity index (χ4n) is 4.19. The van der Waals surface area contributed by atoms with Gasteiger partial charge in [0.2, 0.25) is 5.91 Å². The molecule has 1 saturated heterocycles. The van der Waals surface area contributed by atoms with Crippen LogP contribution in [0.25, 0.3) is 22.3 Å². The SMILES string of the molecule is CC(C)C(=O)N(CC(F)(F)F)[C@H]1CCN(c2nc3cc(Cl)c(Cl)cc3nc2-c2cncc(C#N)c2)C1. The number of halogens is 5. The molecule has 7 nitrogen and oxygen atoms in total. The van der Waals surface area contributed by atoms with E-state index in [0.717, 1.165) is 4.90 Å². The Hall–Kier alpha value is -3.16. The van der Waals surface area contributed by atoms with Crippen LogP contribution in [0.4, 0.5) is 19.0 Å². The molecule has 12 heteroatoms. The summed E-state index contributed by atoms with van der Waals surface area (Å²) in [5.41, 5.74) is 2.12. The molecule has 1 aromatic carbocycles. The second-order valence-electron chi connectivity index (χ2n) is 8.85. The third-order valence-corrected chi connectivity index (χ3v) is 6.58. The number of pyridine rings is 1. The van der Waals surface area contributed by atoms with Crippen LogP contribution in [0, 0.1) is 17.2 Å². The van der Waals surface area contributed by atoms with Gasteiger partial charge in [0.1, 0.15) is 18.3 Å². The van der Waals surface area contributed by atoms with Crippen molar-refractivity contribution in [3.63, 3.8) is 0 Å². The van der Waals surface area contributed by atoms with Crippen LogP contribution in [0.3, 0.4) is 0 Å². The lowest BCUT2D eigenvalue weighted by Gasteiger charge is -2.31. The van der Waals surface area contributed by atoms with Crippen molar-refractivity contribution >= 4 is 46.0 Å². The molecule has 1 aliphatic heterocycles. The van der Waals surface area contributed by atoms with Gasteiger partial charge in [-0.3, -0.25) is 9.78 Å². The first kappa shape index (κ1) is 25.9. The van der Waals surface area contributed by atoms with E-state index in [1.54, 1.807) is 36.9 Å². The quantitative estimate of drug-likeness (QED) is 0.428. The maximum atomic E-state index is 13.3. The number of hydrogen-bond acceptors (Lipinski definition) is 6. The molecule has 0 spiro atoms. The van der Waals surface area contributed by atoms with Crippen molar-refractivity contribution in [2.24, 2.45) is 5.92 Å². The molecule has 0 radical (unpaired) electrons. The van der Waals surface area contributed by atoms with Gasteiger partial charge in [-0.1, -0.05) is 37.0 Å². The van der Waals surface area contributed by atoms with E-state index in [2.05, 4.69) is 4.98 Å². The lowest BCUT2D eigenvalue weighted by Crippen LogP contribution is -2.48. The highest BCUT2D eigenvalue weighted by molar-refractivity contribution is 6.42. The van der Waals surface area contributed by atoms with E-state index in [1.165, 1.54) is 12.4 Å². The number of aromatic nitrogens is 3. The largest absolute Gasteiger partial charge is 0.406 e. The summed E-state index contributed by atoms with van der Waals surface area (Å²) in [5.74, 6) is -0.746. The molecule has 3 heterocycles. The van der Waals surface area contributed by atoms with E-state index < -0.39 is 30.6 Å². The first-order valence-corrected chi connectivity index (χ1v) is 11.9. The van der Waals surface area contributed by atoms with Crippen LogP contribution in [-0.2, 0) is 4.79 Å². The summed E-state index contributed by atoms with van der Waals surface area (Å²) >= 11 is 12.3. The standard InChI is InChI=1S/C24H21Cl2F3N6O/c1-13(2)23(36)35(12-24(27,28)29)16-3-4-34(11-16)22-21(15-5-14(8-30)9-31-10-15)32-19-6-17(25)18(26)7-20(19)33-22/h5-7,9-10,13,16H,3-4,11-12H2,1-2H3/t16-/m0/s1. The minimum absolute atomic E-state index is 0.133. The van der Waals surface area contributed by atoms with Gasteiger partial charge in [0.15, 0.2) is 5.82 Å². The van der Waals surface area contributed by atoms with Gasteiger partial charge in [-0.2, -0.15) is 18.4 Å². The highest BCUT2D eigenvalue weighted by atomic mass is 35.5. The molecule has 3 aromatic rings. The Morgan fingerprint density at radius 2 is 1.86 bits per heavy atom. The lowest BCUT2D eigenvalue weighted by atomic mass is 10.1. The Morgan fingerprint density at radius 1 is 1.19 bits per heavy atom. The van der Waals surface area contributed by atoms with Gasteiger partial charge in [0.25, 0.3) is 0 Å². The third kappa shape index (κ3) is 5.47. The number of alkyl halides is 3. The zero-order chi connectivity index (χ0) is 26.2. The normalized spacial score (nSPS) is 16.0. The molecular formula is C24H21Cl2F3N6O. The smallest absolute Gasteiger partial charge is 0.353 e. The molecule has 1 atom stereocenters. The zero-order valence-electron chi connectivity index (χ0n) is 19.4. The summed E-state index contributed by atoms with van der Waals surface area (Å²) < 4.78 is 40.0. The van der Waals surface area contributed by atoms with Crippen LogP contribution in [0.5, 0.6) is 0 Å². The fraction of sp³-hybridized carbons (Fsp3) is 0.375. The summed E-state index contributed by atoms with van der Waals surface area (Å²) in [6, 6.07) is 6.11. The van der Waals surface area contributed by atoms with Crippen molar-refractivity contribution in [1.29, 1.82) is 5.26 Å². The van der Waals surface area contributed by atoms with Crippen molar-refractivity contribution in [2.75, 3.05) is 24.5 Å². The van der Waals surface area contributed by atoms with Gasteiger partial charge in [-0.25, -0.2) is 9.97 Å². The monoisotopic (exact) mass is 536 g/mol. The molecule has 0 bridgehead atoms. The number of nitrogens with zero attached hydrogens (tertiary/aromatic N) is 6. The number of benzene rings is 1. The van der Waals surface area contributed by atoms with Gasteiger partial charge in [-0.15, -0.1) is 0 Å². The van der Waals surface area contributed by atoms with Gasteiger partial charge in [0.05, 0.1) is 32.7 Å². The molecule has 188 valence electrons. The Kier molecular flexibility index (Phi) is 7.25. The highest BCUT2D eigenvalue weighted by Gasteiger charge is 2.40. The van der Waals surface area contributed by atoms with Crippen molar-refractivity contribution in [2.45, 2.75) is 32.5 Å². The van der Waals surface area contributed by atoms with E-state index in [-0.39, 0.29) is 16.6 Å². The number of amides is 1. The molecule has 1 fully saturated rings. The van der Waals surface area contributed by atoms with Gasteiger partial charge in [0, 0.05) is 37.0 Å². The van der Waals surface area contributed by atoms with Crippen LogP contribution < -0.4 is 4.90 Å². The van der Waals surface area contributed by atoms with E-state index in [9.17, 15) is 23.2 Å². The minimum atomic E-state index is -4.52. The molecule has 1 amide bonds. The molecule has 1 aliphatic rings. The predicted molar refractivity (Wildman–Crippen MR) is 131 cm³/mol. The molecule has 2 aromatic heterocycles. The Bertz CT molecular complexity index is 1360. The number of hydrogen-bond donors (Lipinski definition) is 0. The molecule has 36 heavy (non-hydrogen) atoms. The second-order valence-corrected chi connectivity index (χ2v) is 9.66. The van der Waals surface area contributed by atoms with Crippen LogP contribution in [0.1, 0.15) is 25.8 Å². The first-order chi connectivity index (χ1) is 17.0. The van der Waals surface area contributed by atoms with Gasteiger partial charge >= 0.3 is 6.18 Å². The summed E-state index contributed by atoms with van der Waals surface area (Å²) in [6.45, 7) is 2.32. The maximum Gasteiger partial charge on any atom is 0.406 e. The molecule has 0 aliphatic carbocycles. The topological polar surface area (TPSA) is 86.0 Å². The molecule has 0 unspecified atom stereocenters. The molecular weight excluding hydrogens is 516 g/mol. The number of rotatable bonds is 5. The van der Waals surface area contributed by atoms with Crippen LogP contribution >= 0.6 is 23.2 Å². The van der Waals surface area contributed by atoms with E-state index >= 15 is 0 Å². The lowest BCUT2D eigenvalue weighted by molar-refractivity contribution is -0.167. The summed E-state index contributed by atoms with van der Waals surface area (Å²) in [6.07, 6.45) is -1.26. The average molecular weight is 537 g/mol. The molecule has 0 saturated carbocycles. The summed E-state index contributed by atoms with van der Waals surface area (Å²) in [5, 5.41) is 9.89. The number of anilines is 1. The van der Waals surface area contributed by atoms with E-state index in [1.807, 2.05) is 6.07 Å². The zero-order valence-corrected chi connectivity index (χ0v) is 20.9. The number of fused-ring (bicyclic) bond motifs is 1. The van der Waals surface area contributed by atoms with E-state index in [0.29, 0.717) is 46.6 Å². The van der Waals surface area contributed by atoms with Crippen LogP contribution in [-0.4, -0.2) is 57.6 Å². The third-order valence-electron chi connectivity index (χ3n) is 5.86. The van der Waals surface area contributed by atoms with Crippen LogP contribution in [0.15, 0.2) is 30.6 Å². The fourth-order valence-corrected chi connectivity index (χ4v) is 4.50. The second kappa shape index (κ2) is 10.1. The van der Waals surface area contributed by atoms with Crippen molar-refractivity contribution in [3.05, 3.63) is 46.2 Å². The number of nitriles is 1. The minimum Gasteiger partial charge on any atom is -0.353 e. The maximum absolute atomic E-state index is 13.3.